The van der Waals surface area contributed by atoms with Crippen LogP contribution in [-0.2, 0) is 11.2 Å². The lowest BCUT2D eigenvalue weighted by Gasteiger charge is -2.22. The zero-order chi connectivity index (χ0) is 13.9. The van der Waals surface area contributed by atoms with Crippen LogP contribution in [0.4, 0.5) is 0 Å². The number of methoxy groups -OCH3 is 1. The van der Waals surface area contributed by atoms with Gasteiger partial charge in [0.25, 0.3) is 0 Å². The molecule has 0 aliphatic carbocycles. The number of esters is 1. The van der Waals surface area contributed by atoms with E-state index < -0.39 is 0 Å². The second-order valence-corrected chi connectivity index (χ2v) is 5.23. The molecule has 0 aromatic carbocycles. The van der Waals surface area contributed by atoms with Crippen LogP contribution in [0.5, 0.6) is 0 Å². The molecule has 1 saturated heterocycles. The summed E-state index contributed by atoms with van der Waals surface area (Å²) in [5.41, 5.74) is 1.49. The number of fused-ring (bicyclic) bond motifs is 1. The number of hydrogen-bond acceptors (Lipinski definition) is 4. The van der Waals surface area contributed by atoms with Crippen molar-refractivity contribution in [2.24, 2.45) is 0 Å². The Morgan fingerprint density at radius 1 is 1.55 bits per heavy atom. The highest BCUT2D eigenvalue weighted by Gasteiger charge is 2.16. The fourth-order valence-electron chi connectivity index (χ4n) is 2.77. The number of imidazole rings is 1. The summed E-state index contributed by atoms with van der Waals surface area (Å²) in [6, 6.07) is 4.10. The van der Waals surface area contributed by atoms with Crippen LogP contribution in [0.2, 0.25) is 0 Å². The summed E-state index contributed by atoms with van der Waals surface area (Å²) in [5, 5.41) is 3.53. The summed E-state index contributed by atoms with van der Waals surface area (Å²) in [4.78, 5) is 16.0. The summed E-state index contributed by atoms with van der Waals surface area (Å²) in [6.07, 6.45) is 8.38. The number of aromatic nitrogens is 2. The minimum absolute atomic E-state index is 0.316. The molecule has 0 radical (unpaired) electrons. The van der Waals surface area contributed by atoms with E-state index in [-0.39, 0.29) is 5.97 Å². The van der Waals surface area contributed by atoms with Gasteiger partial charge in [-0.25, -0.2) is 9.78 Å². The molecule has 2 aromatic rings. The standard InChI is InChI=1S/C15H19N3O2/c1-20-15(19)11-5-7-18-13(8-11)10-17-14(18)9-12-4-2-3-6-16-12/h5,7-8,10,12,16H,2-4,6,9H2,1H3. The van der Waals surface area contributed by atoms with Gasteiger partial charge in [0.1, 0.15) is 5.82 Å². The number of pyridine rings is 1. The van der Waals surface area contributed by atoms with Crippen molar-refractivity contribution in [2.75, 3.05) is 13.7 Å². The first kappa shape index (κ1) is 13.1. The second-order valence-electron chi connectivity index (χ2n) is 5.23. The van der Waals surface area contributed by atoms with Gasteiger partial charge in [0.2, 0.25) is 0 Å². The monoisotopic (exact) mass is 273 g/mol. The highest BCUT2D eigenvalue weighted by atomic mass is 16.5. The first-order valence-corrected chi connectivity index (χ1v) is 7.05. The third kappa shape index (κ3) is 2.54. The molecule has 1 unspecified atom stereocenters. The third-order valence-corrected chi connectivity index (χ3v) is 3.87. The van der Waals surface area contributed by atoms with Crippen molar-refractivity contribution < 1.29 is 9.53 Å². The van der Waals surface area contributed by atoms with E-state index in [0.717, 1.165) is 24.3 Å². The fourth-order valence-corrected chi connectivity index (χ4v) is 2.77. The number of ether oxygens (including phenoxy) is 1. The van der Waals surface area contributed by atoms with Crippen molar-refractivity contribution in [1.29, 1.82) is 0 Å². The molecule has 0 bridgehead atoms. The lowest BCUT2D eigenvalue weighted by atomic mass is 10.0. The summed E-state index contributed by atoms with van der Waals surface area (Å²) in [5.74, 6) is 0.722. The third-order valence-electron chi connectivity index (χ3n) is 3.87. The molecule has 5 nitrogen and oxygen atoms in total. The summed E-state index contributed by atoms with van der Waals surface area (Å²) in [6.45, 7) is 1.10. The summed E-state index contributed by atoms with van der Waals surface area (Å²) < 4.78 is 6.78. The van der Waals surface area contributed by atoms with Crippen molar-refractivity contribution in [2.45, 2.75) is 31.7 Å². The number of carbonyl (C=O) groups is 1. The summed E-state index contributed by atoms with van der Waals surface area (Å²) in [7, 11) is 1.39. The Balaban J connectivity index is 1.84. The number of nitrogens with zero attached hydrogens (tertiary/aromatic N) is 2. The van der Waals surface area contributed by atoms with Crippen LogP contribution in [0.15, 0.2) is 24.5 Å². The molecule has 1 fully saturated rings. The van der Waals surface area contributed by atoms with Crippen LogP contribution in [0.1, 0.15) is 35.4 Å². The molecule has 3 heterocycles. The van der Waals surface area contributed by atoms with Crippen molar-refractivity contribution in [1.82, 2.24) is 14.7 Å². The molecule has 0 spiro atoms. The molecule has 1 aliphatic heterocycles. The van der Waals surface area contributed by atoms with Crippen LogP contribution in [-0.4, -0.2) is 35.1 Å². The van der Waals surface area contributed by atoms with Gasteiger partial charge in [-0.15, -0.1) is 0 Å². The zero-order valence-electron chi connectivity index (χ0n) is 11.6. The maximum absolute atomic E-state index is 11.5. The maximum atomic E-state index is 11.5. The molecule has 3 rings (SSSR count). The van der Waals surface area contributed by atoms with Crippen molar-refractivity contribution in [3.63, 3.8) is 0 Å². The second kappa shape index (κ2) is 5.63. The SMILES string of the molecule is COC(=O)c1ccn2c(CC3CCCCN3)ncc2c1. The van der Waals surface area contributed by atoms with E-state index in [1.165, 1.54) is 26.4 Å². The molecule has 2 aromatic heterocycles. The van der Waals surface area contributed by atoms with Gasteiger partial charge in [-0.3, -0.25) is 0 Å². The zero-order valence-corrected chi connectivity index (χ0v) is 11.6. The van der Waals surface area contributed by atoms with E-state index in [4.69, 9.17) is 4.74 Å². The minimum Gasteiger partial charge on any atom is -0.465 e. The molecule has 1 N–H and O–H groups in total. The Labute approximate surface area is 118 Å². The molecular formula is C15H19N3O2. The predicted octanol–water partition coefficient (Wildman–Crippen LogP) is 1.81. The smallest absolute Gasteiger partial charge is 0.337 e. The Hall–Kier alpha value is -1.88. The van der Waals surface area contributed by atoms with Gasteiger partial charge in [-0.2, -0.15) is 0 Å². The highest BCUT2D eigenvalue weighted by molar-refractivity contribution is 5.90. The van der Waals surface area contributed by atoms with Gasteiger partial charge >= 0.3 is 5.97 Å². The number of nitrogens with one attached hydrogen (secondary N) is 1. The minimum atomic E-state index is -0.316. The number of hydrogen-bond donors (Lipinski definition) is 1. The molecule has 0 saturated carbocycles. The van der Waals surface area contributed by atoms with E-state index in [2.05, 4.69) is 10.3 Å². The van der Waals surface area contributed by atoms with Crippen LogP contribution < -0.4 is 5.32 Å². The van der Waals surface area contributed by atoms with Gasteiger partial charge in [0, 0.05) is 18.7 Å². The molecule has 1 aliphatic rings. The maximum Gasteiger partial charge on any atom is 0.337 e. The lowest BCUT2D eigenvalue weighted by molar-refractivity contribution is 0.0600. The van der Waals surface area contributed by atoms with Crippen LogP contribution in [0.3, 0.4) is 0 Å². The Kier molecular flexibility index (Phi) is 3.69. The highest BCUT2D eigenvalue weighted by Crippen LogP contribution is 2.15. The number of carbonyl (C=O) groups excluding carboxylic acids is 1. The molecule has 1 atom stereocenters. The first-order chi connectivity index (χ1) is 9.78. The van der Waals surface area contributed by atoms with Gasteiger partial charge in [-0.05, 0) is 31.5 Å². The van der Waals surface area contributed by atoms with Gasteiger partial charge in [0.05, 0.1) is 24.4 Å². The number of piperidine rings is 1. The van der Waals surface area contributed by atoms with Crippen LogP contribution >= 0.6 is 0 Å². The fraction of sp³-hybridized carbons (Fsp3) is 0.467. The van der Waals surface area contributed by atoms with E-state index in [0.29, 0.717) is 11.6 Å². The summed E-state index contributed by atoms with van der Waals surface area (Å²) >= 11 is 0. The van der Waals surface area contributed by atoms with Gasteiger partial charge < -0.3 is 14.5 Å². The van der Waals surface area contributed by atoms with E-state index in [1.807, 2.05) is 22.9 Å². The largest absolute Gasteiger partial charge is 0.465 e. The molecule has 0 amide bonds. The Bertz CT molecular complexity index is 615. The average Bonchev–Trinajstić information content (AvgIpc) is 2.90. The Morgan fingerprint density at radius 3 is 3.20 bits per heavy atom. The van der Waals surface area contributed by atoms with Crippen molar-refractivity contribution in [3.8, 4) is 0 Å². The van der Waals surface area contributed by atoms with Gasteiger partial charge in [-0.1, -0.05) is 6.42 Å². The molecular weight excluding hydrogens is 254 g/mol. The van der Waals surface area contributed by atoms with E-state index >= 15 is 0 Å². The van der Waals surface area contributed by atoms with E-state index in [9.17, 15) is 4.79 Å². The van der Waals surface area contributed by atoms with Crippen molar-refractivity contribution in [3.05, 3.63) is 35.9 Å². The quantitative estimate of drug-likeness (QED) is 0.867. The topological polar surface area (TPSA) is 55.6 Å². The van der Waals surface area contributed by atoms with E-state index in [1.54, 1.807) is 6.07 Å². The van der Waals surface area contributed by atoms with Gasteiger partial charge in [0.15, 0.2) is 0 Å². The number of rotatable bonds is 3. The normalized spacial score (nSPS) is 19.1. The molecule has 20 heavy (non-hydrogen) atoms. The van der Waals surface area contributed by atoms with Crippen molar-refractivity contribution >= 4 is 11.5 Å². The predicted molar refractivity (Wildman–Crippen MR) is 75.9 cm³/mol. The molecule has 106 valence electrons. The average molecular weight is 273 g/mol. The van der Waals surface area contributed by atoms with Crippen LogP contribution in [0.25, 0.3) is 5.52 Å². The first-order valence-electron chi connectivity index (χ1n) is 7.05. The van der Waals surface area contributed by atoms with Crippen LogP contribution in [0, 0.1) is 0 Å². The Morgan fingerprint density at radius 2 is 2.45 bits per heavy atom. The molecule has 5 heteroatoms. The lowest BCUT2D eigenvalue weighted by Crippen LogP contribution is -2.36.